The first-order chi connectivity index (χ1) is 19.4. The molecule has 2 atom stereocenters. The Morgan fingerprint density at radius 2 is 1.49 bits per heavy atom. The summed E-state index contributed by atoms with van der Waals surface area (Å²) in [6.07, 6.45) is 1.80. The third kappa shape index (κ3) is 5.78. The zero-order valence-corrected chi connectivity index (χ0v) is 26.1. The predicted octanol–water partition coefficient (Wildman–Crippen LogP) is 5.74. The molecule has 0 radical (unpaired) electrons. The zero-order valence-electron chi connectivity index (χ0n) is 25.1. The zero-order chi connectivity index (χ0) is 29.4. The van der Waals surface area contributed by atoms with E-state index in [4.69, 9.17) is 9.16 Å². The van der Waals surface area contributed by atoms with Crippen molar-refractivity contribution in [3.8, 4) is 5.75 Å². The first-order valence-corrected chi connectivity index (χ1v) is 16.5. The fourth-order valence-electron chi connectivity index (χ4n) is 6.37. The van der Waals surface area contributed by atoms with E-state index in [-0.39, 0.29) is 17.0 Å². The summed E-state index contributed by atoms with van der Waals surface area (Å²) < 4.78 is 12.7. The molecule has 0 aromatic heterocycles. The predicted molar refractivity (Wildman–Crippen MR) is 165 cm³/mol. The molecule has 216 valence electrons. The van der Waals surface area contributed by atoms with Crippen molar-refractivity contribution in [1.82, 2.24) is 10.2 Å². The molecule has 2 aliphatic rings. The second-order valence-electron chi connectivity index (χ2n) is 13.2. The molecule has 5 rings (SSSR count). The average molecular weight is 571 g/mol. The van der Waals surface area contributed by atoms with Gasteiger partial charge in [-0.25, -0.2) is 4.79 Å². The fourth-order valence-corrected chi connectivity index (χ4v) is 10.8. The number of nitrogens with one attached hydrogen (secondary N) is 1. The molecule has 41 heavy (non-hydrogen) atoms. The largest absolute Gasteiger partial charge is 0.534 e. The van der Waals surface area contributed by atoms with Crippen LogP contribution in [0.2, 0.25) is 5.04 Å². The van der Waals surface area contributed by atoms with Crippen LogP contribution in [0, 0.1) is 0 Å². The van der Waals surface area contributed by atoms with Gasteiger partial charge in [-0.2, -0.15) is 0 Å². The molecule has 7 heteroatoms. The lowest BCUT2D eigenvalue weighted by atomic mass is 10.1. The molecule has 1 saturated heterocycles. The van der Waals surface area contributed by atoms with Crippen LogP contribution >= 0.6 is 0 Å². The highest BCUT2D eigenvalue weighted by Crippen LogP contribution is 2.42. The molecule has 2 amide bonds. The Labute approximate surface area is 245 Å². The van der Waals surface area contributed by atoms with Crippen LogP contribution in [0.4, 0.5) is 4.79 Å². The summed E-state index contributed by atoms with van der Waals surface area (Å²) in [6.45, 7) is 12.9. The Balaban J connectivity index is 1.45. The Bertz CT molecular complexity index is 1360. The summed E-state index contributed by atoms with van der Waals surface area (Å²) in [4.78, 5) is 27.7. The summed E-state index contributed by atoms with van der Waals surface area (Å²) >= 11 is 0. The second kappa shape index (κ2) is 11.0. The van der Waals surface area contributed by atoms with Gasteiger partial charge in [0.25, 0.3) is 0 Å². The Morgan fingerprint density at radius 3 is 2.05 bits per heavy atom. The maximum atomic E-state index is 13.4. The molecule has 1 aliphatic heterocycles. The van der Waals surface area contributed by atoms with Crippen LogP contribution in [0.1, 0.15) is 71.6 Å². The highest BCUT2D eigenvalue weighted by molar-refractivity contribution is 7.00. The highest BCUT2D eigenvalue weighted by Gasteiger charge is 2.52. The smallest absolute Gasteiger partial charge is 0.408 e. The molecule has 0 bridgehead atoms. The van der Waals surface area contributed by atoms with Crippen LogP contribution < -0.4 is 20.1 Å². The molecule has 6 nitrogen and oxygen atoms in total. The molecule has 0 saturated carbocycles. The van der Waals surface area contributed by atoms with Gasteiger partial charge in [0.15, 0.2) is 0 Å². The van der Waals surface area contributed by atoms with E-state index in [9.17, 15) is 9.59 Å². The number of alkyl carbamates (subject to hydrolysis) is 1. The lowest BCUT2D eigenvalue weighted by Gasteiger charge is -2.43. The minimum absolute atomic E-state index is 0.0364. The fraction of sp³-hybridized carbons (Fsp3) is 0.412. The van der Waals surface area contributed by atoms with Crippen LogP contribution in [0.3, 0.4) is 0 Å². The molecule has 3 aromatic rings. The molecular formula is C34H42N2O4Si. The van der Waals surface area contributed by atoms with E-state index in [0.29, 0.717) is 13.0 Å². The van der Waals surface area contributed by atoms with Gasteiger partial charge >= 0.3 is 14.4 Å². The Hall–Kier alpha value is -3.58. The third-order valence-electron chi connectivity index (χ3n) is 8.16. The van der Waals surface area contributed by atoms with Gasteiger partial charge in [-0.05, 0) is 78.7 Å². The van der Waals surface area contributed by atoms with Gasteiger partial charge in [0.05, 0.1) is 6.04 Å². The van der Waals surface area contributed by atoms with Gasteiger partial charge in [-0.3, -0.25) is 4.79 Å². The van der Waals surface area contributed by atoms with E-state index < -0.39 is 26.1 Å². The molecule has 1 aliphatic carbocycles. The average Bonchev–Trinajstić information content (AvgIpc) is 3.49. The highest BCUT2D eigenvalue weighted by atomic mass is 28.4. The lowest BCUT2D eigenvalue weighted by Crippen LogP contribution is -2.68. The van der Waals surface area contributed by atoms with Crippen molar-refractivity contribution in [3.63, 3.8) is 0 Å². The van der Waals surface area contributed by atoms with E-state index in [0.717, 1.165) is 24.2 Å². The van der Waals surface area contributed by atoms with Crippen molar-refractivity contribution in [3.05, 3.63) is 90.0 Å². The van der Waals surface area contributed by atoms with Crippen molar-refractivity contribution in [2.45, 2.75) is 83.5 Å². The summed E-state index contributed by atoms with van der Waals surface area (Å²) in [5, 5.41) is 5.08. The minimum Gasteiger partial charge on any atom is -0.534 e. The normalized spacial score (nSPS) is 19.2. The standard InChI is InChI=1S/C34H42N2O4Si/c1-33(2,3)39-32(38)35-29-21-22-36(31(29)37)30-20-18-24-17-19-25(23-28(24)30)40-41(34(4,5)6,26-13-9-7-10-14-26)27-15-11-8-12-16-27/h7-17,19,23,29-30H,18,20-22H2,1-6H3,(H,35,38)/t29-,30+/m1/s1. The lowest BCUT2D eigenvalue weighted by molar-refractivity contribution is -0.131. The number of hydrogen-bond donors (Lipinski definition) is 1. The van der Waals surface area contributed by atoms with Crippen LogP contribution in [0.25, 0.3) is 0 Å². The molecule has 3 aromatic carbocycles. The molecule has 1 N–H and O–H groups in total. The van der Waals surface area contributed by atoms with Gasteiger partial charge in [0.1, 0.15) is 17.4 Å². The summed E-state index contributed by atoms with van der Waals surface area (Å²) in [5.74, 6) is 0.784. The molecule has 0 unspecified atom stereocenters. The SMILES string of the molecule is CC(C)(C)OC(=O)N[C@@H]1CCN([C@H]2CCc3ccc(O[Si](c4ccccc4)(c4ccccc4)C(C)(C)C)cc32)C1=O. The van der Waals surface area contributed by atoms with E-state index in [2.05, 4.69) is 92.8 Å². The van der Waals surface area contributed by atoms with Crippen molar-refractivity contribution in [2.24, 2.45) is 0 Å². The first kappa shape index (κ1) is 28.9. The Morgan fingerprint density at radius 1 is 0.878 bits per heavy atom. The van der Waals surface area contributed by atoms with E-state index in [1.165, 1.54) is 15.9 Å². The van der Waals surface area contributed by atoms with Gasteiger partial charge in [0.2, 0.25) is 5.91 Å². The molecule has 1 heterocycles. The van der Waals surface area contributed by atoms with E-state index >= 15 is 0 Å². The maximum Gasteiger partial charge on any atom is 0.408 e. The monoisotopic (exact) mass is 570 g/mol. The number of carbonyl (C=O) groups is 2. The van der Waals surface area contributed by atoms with Gasteiger partial charge < -0.3 is 19.4 Å². The van der Waals surface area contributed by atoms with Crippen LogP contribution in [-0.4, -0.2) is 43.4 Å². The van der Waals surface area contributed by atoms with Crippen molar-refractivity contribution in [1.29, 1.82) is 0 Å². The summed E-state index contributed by atoms with van der Waals surface area (Å²) in [6, 6.07) is 27.1. The number of ether oxygens (including phenoxy) is 1. The number of amides is 2. The topological polar surface area (TPSA) is 67.9 Å². The number of fused-ring (bicyclic) bond motifs is 1. The van der Waals surface area contributed by atoms with Crippen molar-refractivity contribution < 1.29 is 18.8 Å². The van der Waals surface area contributed by atoms with Gasteiger partial charge in [-0.15, -0.1) is 0 Å². The number of rotatable bonds is 6. The van der Waals surface area contributed by atoms with Crippen molar-refractivity contribution in [2.75, 3.05) is 6.54 Å². The van der Waals surface area contributed by atoms with Crippen LogP contribution in [-0.2, 0) is 16.0 Å². The van der Waals surface area contributed by atoms with Gasteiger partial charge in [-0.1, -0.05) is 87.5 Å². The quantitative estimate of drug-likeness (QED) is 0.384. The van der Waals surface area contributed by atoms with Gasteiger partial charge in [0, 0.05) is 6.54 Å². The summed E-state index contributed by atoms with van der Waals surface area (Å²) in [7, 11) is -2.78. The first-order valence-electron chi connectivity index (χ1n) is 14.6. The van der Waals surface area contributed by atoms with Crippen LogP contribution in [0.5, 0.6) is 5.75 Å². The number of benzene rings is 3. The van der Waals surface area contributed by atoms with Crippen LogP contribution in [0.15, 0.2) is 78.9 Å². The molecule has 0 spiro atoms. The second-order valence-corrected chi connectivity index (χ2v) is 17.4. The maximum absolute atomic E-state index is 13.4. The van der Waals surface area contributed by atoms with E-state index in [1.807, 2.05) is 37.8 Å². The molecular weight excluding hydrogens is 528 g/mol. The third-order valence-corrected chi connectivity index (χ3v) is 13.1. The number of likely N-dealkylation sites (tertiary alicyclic amines) is 1. The Kier molecular flexibility index (Phi) is 7.77. The van der Waals surface area contributed by atoms with E-state index in [1.54, 1.807) is 0 Å². The summed E-state index contributed by atoms with van der Waals surface area (Å²) in [5.41, 5.74) is 1.78. The molecule has 1 fully saturated rings. The number of carbonyl (C=O) groups excluding carboxylic acids is 2. The number of aryl methyl sites for hydroxylation is 1. The number of hydrogen-bond acceptors (Lipinski definition) is 4. The minimum atomic E-state index is -2.78. The van der Waals surface area contributed by atoms with Crippen molar-refractivity contribution >= 4 is 30.7 Å². The number of nitrogens with zero attached hydrogens (tertiary/aromatic N) is 1.